The number of fused-ring (bicyclic) bond motifs is 1. The molecule has 0 spiro atoms. The van der Waals surface area contributed by atoms with Crippen LogP contribution < -0.4 is 10.2 Å². The third-order valence-corrected chi connectivity index (χ3v) is 5.52. The number of amides is 1. The van der Waals surface area contributed by atoms with Crippen molar-refractivity contribution in [2.24, 2.45) is 5.10 Å². The summed E-state index contributed by atoms with van der Waals surface area (Å²) in [6.07, 6.45) is 3.74. The molecule has 3 aromatic carbocycles. The second kappa shape index (κ2) is 9.18. The zero-order valence-corrected chi connectivity index (χ0v) is 18.9. The van der Waals surface area contributed by atoms with Crippen molar-refractivity contribution in [1.29, 1.82) is 0 Å². The molecule has 1 N–H and O–H groups in total. The Balaban J connectivity index is 1.58. The third-order valence-electron chi connectivity index (χ3n) is 5.03. The van der Waals surface area contributed by atoms with E-state index in [0.717, 1.165) is 27.5 Å². The van der Waals surface area contributed by atoms with Crippen LogP contribution in [0.4, 0.5) is 0 Å². The van der Waals surface area contributed by atoms with Crippen LogP contribution in [-0.2, 0) is 6.54 Å². The summed E-state index contributed by atoms with van der Waals surface area (Å²) in [6.45, 7) is 2.86. The van der Waals surface area contributed by atoms with Gasteiger partial charge in [-0.1, -0.05) is 64.0 Å². The number of aryl methyl sites for hydroxylation is 1. The first-order chi connectivity index (χ1) is 15.0. The van der Waals surface area contributed by atoms with Gasteiger partial charge in [-0.05, 0) is 36.8 Å². The van der Waals surface area contributed by atoms with E-state index in [1.54, 1.807) is 18.3 Å². The van der Waals surface area contributed by atoms with Gasteiger partial charge in [0, 0.05) is 33.7 Å². The monoisotopic (exact) mass is 475 g/mol. The number of aromatic nitrogens is 1. The quantitative estimate of drug-likeness (QED) is 0.294. The fraction of sp³-hybridized carbons (Fsp3) is 0.120. The smallest absolute Gasteiger partial charge is 0.275 e. The maximum atomic E-state index is 12.6. The molecule has 0 saturated carbocycles. The number of halogens is 1. The number of hydrazone groups is 1. The van der Waals surface area contributed by atoms with E-state index < -0.39 is 0 Å². The number of rotatable bonds is 6. The predicted molar refractivity (Wildman–Crippen MR) is 128 cm³/mol. The molecule has 0 aliphatic carbocycles. The maximum absolute atomic E-state index is 12.6. The predicted octanol–water partition coefficient (Wildman–Crippen LogP) is 5.53. The average molecular weight is 476 g/mol. The molecule has 5 nitrogen and oxygen atoms in total. The Labute approximate surface area is 189 Å². The lowest BCUT2D eigenvalue weighted by molar-refractivity contribution is 0.0952. The minimum Gasteiger partial charge on any atom is -0.496 e. The molecule has 0 aliphatic heterocycles. The molecule has 4 aromatic rings. The Morgan fingerprint density at radius 2 is 1.97 bits per heavy atom. The lowest BCUT2D eigenvalue weighted by Crippen LogP contribution is -2.18. The number of benzene rings is 3. The summed E-state index contributed by atoms with van der Waals surface area (Å²) < 4.78 is 8.27. The standard InChI is InChI=1S/C25H22BrN3O2/c1-17-6-5-7-18(12-17)15-29-16-19(21-8-3-4-9-23(21)29)14-27-28-25(30)22-13-20(26)10-11-24(22)31-2/h3-14,16H,15H2,1-2H3,(H,28,30)/b27-14-. The van der Waals surface area contributed by atoms with Crippen LogP contribution in [0.25, 0.3) is 10.9 Å². The summed E-state index contributed by atoms with van der Waals surface area (Å²) in [5.41, 5.74) is 7.54. The Morgan fingerprint density at radius 3 is 2.77 bits per heavy atom. The molecule has 31 heavy (non-hydrogen) atoms. The molecule has 0 radical (unpaired) electrons. The van der Waals surface area contributed by atoms with Crippen LogP contribution in [0, 0.1) is 6.92 Å². The number of methoxy groups -OCH3 is 1. The third kappa shape index (κ3) is 4.70. The summed E-state index contributed by atoms with van der Waals surface area (Å²) in [6, 6.07) is 21.9. The van der Waals surface area contributed by atoms with Crippen molar-refractivity contribution in [2.75, 3.05) is 7.11 Å². The highest BCUT2D eigenvalue weighted by molar-refractivity contribution is 9.10. The first-order valence-corrected chi connectivity index (χ1v) is 10.6. The first kappa shape index (κ1) is 20.9. The fourth-order valence-electron chi connectivity index (χ4n) is 3.59. The molecule has 0 atom stereocenters. The van der Waals surface area contributed by atoms with E-state index in [1.165, 1.54) is 18.2 Å². The molecule has 6 heteroatoms. The van der Waals surface area contributed by atoms with Crippen LogP contribution >= 0.6 is 15.9 Å². The van der Waals surface area contributed by atoms with Crippen LogP contribution in [0.15, 0.2) is 82.5 Å². The SMILES string of the molecule is COc1ccc(Br)cc1C(=O)N/N=C\c1cn(Cc2cccc(C)c2)c2ccccc12. The summed E-state index contributed by atoms with van der Waals surface area (Å²) in [4.78, 5) is 12.6. The van der Waals surface area contributed by atoms with Gasteiger partial charge >= 0.3 is 0 Å². The highest BCUT2D eigenvalue weighted by Gasteiger charge is 2.12. The van der Waals surface area contributed by atoms with Gasteiger partial charge < -0.3 is 9.30 Å². The van der Waals surface area contributed by atoms with Gasteiger partial charge in [0.2, 0.25) is 0 Å². The van der Waals surface area contributed by atoms with Crippen LogP contribution in [0.1, 0.15) is 27.0 Å². The summed E-state index contributed by atoms with van der Waals surface area (Å²) in [5, 5.41) is 5.28. The van der Waals surface area contributed by atoms with Crippen molar-refractivity contribution in [1.82, 2.24) is 9.99 Å². The molecular formula is C25H22BrN3O2. The van der Waals surface area contributed by atoms with Gasteiger partial charge in [-0.25, -0.2) is 5.43 Å². The molecule has 0 unspecified atom stereocenters. The largest absolute Gasteiger partial charge is 0.496 e. The van der Waals surface area contributed by atoms with Crippen LogP contribution in [-0.4, -0.2) is 23.8 Å². The molecule has 0 saturated heterocycles. The minimum atomic E-state index is -0.335. The van der Waals surface area contributed by atoms with Gasteiger partial charge in [0.25, 0.3) is 5.91 Å². The number of nitrogens with one attached hydrogen (secondary N) is 1. The van der Waals surface area contributed by atoms with E-state index >= 15 is 0 Å². The van der Waals surface area contributed by atoms with Gasteiger partial charge in [-0.3, -0.25) is 4.79 Å². The van der Waals surface area contributed by atoms with Crippen molar-refractivity contribution in [2.45, 2.75) is 13.5 Å². The summed E-state index contributed by atoms with van der Waals surface area (Å²) >= 11 is 3.38. The summed E-state index contributed by atoms with van der Waals surface area (Å²) in [7, 11) is 1.53. The van der Waals surface area contributed by atoms with Crippen molar-refractivity contribution in [3.05, 3.63) is 99.7 Å². The molecule has 156 valence electrons. The second-order valence-corrected chi connectivity index (χ2v) is 8.18. The number of carbonyl (C=O) groups excluding carboxylic acids is 1. The molecule has 4 rings (SSSR count). The van der Waals surface area contributed by atoms with E-state index in [0.29, 0.717) is 11.3 Å². The minimum absolute atomic E-state index is 0.335. The highest BCUT2D eigenvalue weighted by atomic mass is 79.9. The molecule has 1 aromatic heterocycles. The number of ether oxygens (including phenoxy) is 1. The second-order valence-electron chi connectivity index (χ2n) is 7.26. The average Bonchev–Trinajstić information content (AvgIpc) is 3.11. The maximum Gasteiger partial charge on any atom is 0.275 e. The molecule has 0 aliphatic rings. The number of carbonyl (C=O) groups is 1. The Hall–Kier alpha value is -3.38. The van der Waals surface area contributed by atoms with Crippen LogP contribution in [0.5, 0.6) is 5.75 Å². The van der Waals surface area contributed by atoms with E-state index in [2.05, 4.69) is 80.5 Å². The Kier molecular flexibility index (Phi) is 6.18. The number of para-hydroxylation sites is 1. The van der Waals surface area contributed by atoms with Crippen molar-refractivity contribution < 1.29 is 9.53 Å². The number of hydrogen-bond donors (Lipinski definition) is 1. The van der Waals surface area contributed by atoms with E-state index in [1.807, 2.05) is 18.2 Å². The number of nitrogens with zero attached hydrogens (tertiary/aromatic N) is 2. The molecule has 0 bridgehead atoms. The van der Waals surface area contributed by atoms with E-state index in [-0.39, 0.29) is 5.91 Å². The molecule has 0 fully saturated rings. The highest BCUT2D eigenvalue weighted by Crippen LogP contribution is 2.23. The topological polar surface area (TPSA) is 55.6 Å². The zero-order valence-electron chi connectivity index (χ0n) is 17.3. The van der Waals surface area contributed by atoms with Gasteiger partial charge in [-0.15, -0.1) is 0 Å². The fourth-order valence-corrected chi connectivity index (χ4v) is 3.96. The summed E-state index contributed by atoms with van der Waals surface area (Å²) in [5.74, 6) is 0.156. The van der Waals surface area contributed by atoms with Gasteiger partial charge in [0.05, 0.1) is 18.9 Å². The lowest BCUT2D eigenvalue weighted by Gasteiger charge is -2.07. The van der Waals surface area contributed by atoms with Gasteiger partial charge in [0.1, 0.15) is 5.75 Å². The molecule has 1 heterocycles. The molecular weight excluding hydrogens is 454 g/mol. The van der Waals surface area contributed by atoms with Crippen molar-refractivity contribution >= 4 is 39.0 Å². The van der Waals surface area contributed by atoms with Crippen molar-refractivity contribution in [3.63, 3.8) is 0 Å². The van der Waals surface area contributed by atoms with Gasteiger partial charge in [0.15, 0.2) is 0 Å². The lowest BCUT2D eigenvalue weighted by atomic mass is 10.1. The van der Waals surface area contributed by atoms with Crippen LogP contribution in [0.2, 0.25) is 0 Å². The number of hydrogen-bond acceptors (Lipinski definition) is 3. The van der Waals surface area contributed by atoms with E-state index in [9.17, 15) is 4.79 Å². The van der Waals surface area contributed by atoms with Gasteiger partial charge in [-0.2, -0.15) is 5.10 Å². The normalized spacial score (nSPS) is 11.2. The molecule has 1 amide bonds. The Bertz CT molecular complexity index is 1280. The first-order valence-electron chi connectivity index (χ1n) is 9.85. The zero-order chi connectivity index (χ0) is 21.8. The van der Waals surface area contributed by atoms with Crippen LogP contribution in [0.3, 0.4) is 0 Å². The van der Waals surface area contributed by atoms with E-state index in [4.69, 9.17) is 4.74 Å². The Morgan fingerprint density at radius 1 is 1.13 bits per heavy atom. The van der Waals surface area contributed by atoms with Crippen molar-refractivity contribution in [3.8, 4) is 5.75 Å².